The number of hydrogen-bond acceptors (Lipinski definition) is 4. The van der Waals surface area contributed by atoms with Crippen LogP contribution < -0.4 is 0 Å². The fourth-order valence-electron chi connectivity index (χ4n) is 0. The summed E-state index contributed by atoms with van der Waals surface area (Å²) in [5, 5.41) is 0. The van der Waals surface area contributed by atoms with Gasteiger partial charge in [0.15, 0.2) is 0 Å². The van der Waals surface area contributed by atoms with Gasteiger partial charge in [-0.3, -0.25) is 9.11 Å². The molecular formula is H4BaO6STi. The van der Waals surface area contributed by atoms with E-state index in [0.717, 1.165) is 0 Å². The zero-order valence-electron chi connectivity index (χ0n) is 3.44. The first-order valence-electron chi connectivity index (χ1n) is 1.11. The van der Waals surface area contributed by atoms with Crippen molar-refractivity contribution >= 4 is 59.3 Å². The second-order valence-corrected chi connectivity index (χ2v) is 1.69. The van der Waals surface area contributed by atoms with Crippen LogP contribution in [-0.2, 0) is 36.1 Å². The van der Waals surface area contributed by atoms with Gasteiger partial charge < -0.3 is 0 Å². The van der Waals surface area contributed by atoms with Crippen LogP contribution in [0.1, 0.15) is 0 Å². The van der Waals surface area contributed by atoms with E-state index in [1.807, 2.05) is 0 Å². The van der Waals surface area contributed by atoms with Crippen molar-refractivity contribution < 1.29 is 43.3 Å². The van der Waals surface area contributed by atoms with Gasteiger partial charge in [-0.25, -0.2) is 0 Å². The molecule has 52 valence electrons. The number of rotatable bonds is 0. The molecule has 0 bridgehead atoms. The minimum atomic E-state index is -4.67. The Kier molecular flexibility index (Phi) is 18.4. The number of hydrogen-bond donors (Lipinski definition) is 2. The molecule has 0 aromatic heterocycles. The monoisotopic (exact) mass is 318 g/mol. The molecule has 0 aliphatic carbocycles. The van der Waals surface area contributed by atoms with Crippen LogP contribution in [0.4, 0.5) is 0 Å². The van der Waals surface area contributed by atoms with Gasteiger partial charge in [0.05, 0.1) is 0 Å². The molecule has 0 aliphatic heterocycles. The second-order valence-electron chi connectivity index (χ2n) is 0.531. The van der Waals surface area contributed by atoms with Crippen LogP contribution >= 0.6 is 0 Å². The van der Waals surface area contributed by atoms with Gasteiger partial charge in [0.1, 0.15) is 0 Å². The molecule has 9 heavy (non-hydrogen) atoms. The predicted octanol–water partition coefficient (Wildman–Crippen LogP) is -1.81. The molecule has 0 radical (unpaired) electrons. The van der Waals surface area contributed by atoms with Gasteiger partial charge in [-0.2, -0.15) is 8.42 Å². The van der Waals surface area contributed by atoms with Crippen molar-refractivity contribution in [1.82, 2.24) is 0 Å². The molecule has 0 saturated carbocycles. The fourth-order valence-corrected chi connectivity index (χ4v) is 0. The van der Waals surface area contributed by atoms with Crippen molar-refractivity contribution in [2.45, 2.75) is 0 Å². The fraction of sp³-hybridized carbons (Fsp3) is 0. The zero-order valence-corrected chi connectivity index (χ0v) is 5.81. The van der Waals surface area contributed by atoms with Gasteiger partial charge in [-0.15, -0.1) is 0 Å². The van der Waals surface area contributed by atoms with Crippen LogP contribution in [0, 0.1) is 0 Å². The normalized spacial score (nSPS) is 7.33. The SMILES string of the molecule is O=S(=O)(O)O.[BaH2].[O]=[Ti]=[O]. The van der Waals surface area contributed by atoms with Gasteiger partial charge >= 0.3 is 85.0 Å². The average molecular weight is 317 g/mol. The Bertz CT molecular complexity index is 153. The molecule has 0 atom stereocenters. The van der Waals surface area contributed by atoms with E-state index >= 15 is 0 Å². The molecule has 6 nitrogen and oxygen atoms in total. The zero-order chi connectivity index (χ0) is 7.21. The Morgan fingerprint density at radius 3 is 1.11 bits per heavy atom. The Labute approximate surface area is 101 Å². The molecule has 0 aliphatic rings. The standard InChI is InChI=1S/Ba.H2O4S.2O.Ti.2H/c;1-5(2,3)4;;;;;/h;(H2,1,2,3,4);;;;;. The predicted molar refractivity (Wildman–Crippen MR) is 24.1 cm³/mol. The molecule has 9 heteroatoms. The molecule has 0 heterocycles. The summed E-state index contributed by atoms with van der Waals surface area (Å²) < 4.78 is 48.6. The third-order valence-corrected chi connectivity index (χ3v) is 0. The van der Waals surface area contributed by atoms with Crippen LogP contribution in [0.3, 0.4) is 0 Å². The van der Waals surface area contributed by atoms with E-state index in [0.29, 0.717) is 0 Å². The van der Waals surface area contributed by atoms with E-state index in [1.54, 1.807) is 0 Å². The third kappa shape index (κ3) is 190. The van der Waals surface area contributed by atoms with Crippen molar-refractivity contribution in [2.75, 3.05) is 0 Å². The summed E-state index contributed by atoms with van der Waals surface area (Å²) in [7, 11) is -4.67. The second kappa shape index (κ2) is 9.76. The van der Waals surface area contributed by atoms with E-state index in [1.165, 1.54) is 0 Å². The van der Waals surface area contributed by atoms with Gasteiger partial charge in [0, 0.05) is 0 Å². The van der Waals surface area contributed by atoms with Crippen molar-refractivity contribution in [3.8, 4) is 0 Å². The van der Waals surface area contributed by atoms with Gasteiger partial charge in [0.25, 0.3) is 0 Å². The van der Waals surface area contributed by atoms with Crippen LogP contribution in [0.2, 0.25) is 0 Å². The third-order valence-electron chi connectivity index (χ3n) is 0. The first-order valence-corrected chi connectivity index (χ1v) is 3.78. The van der Waals surface area contributed by atoms with E-state index in [4.69, 9.17) is 24.2 Å². The molecule has 0 unspecified atom stereocenters. The summed E-state index contributed by atoms with van der Waals surface area (Å²) in [5.74, 6) is 0. The van der Waals surface area contributed by atoms with Crippen molar-refractivity contribution in [2.24, 2.45) is 0 Å². The Balaban J connectivity index is -0.0000000800. The first-order chi connectivity index (χ1) is 3.41. The summed E-state index contributed by atoms with van der Waals surface area (Å²) >= 11 is -2.00. The molecule has 0 rings (SSSR count). The van der Waals surface area contributed by atoms with Gasteiger partial charge in [-0.1, -0.05) is 0 Å². The van der Waals surface area contributed by atoms with Crippen LogP contribution in [0.25, 0.3) is 0 Å². The van der Waals surface area contributed by atoms with Crippen molar-refractivity contribution in [3.05, 3.63) is 0 Å². The molecule has 0 saturated heterocycles. The molecule has 0 aromatic carbocycles. The van der Waals surface area contributed by atoms with E-state index in [2.05, 4.69) is 0 Å². The summed E-state index contributed by atoms with van der Waals surface area (Å²) in [4.78, 5) is 0. The summed E-state index contributed by atoms with van der Waals surface area (Å²) in [6.45, 7) is 0. The quantitative estimate of drug-likeness (QED) is 0.403. The van der Waals surface area contributed by atoms with Gasteiger partial charge in [-0.05, 0) is 0 Å². The Morgan fingerprint density at radius 2 is 1.11 bits per heavy atom. The van der Waals surface area contributed by atoms with E-state index in [-0.39, 0.29) is 48.9 Å². The van der Waals surface area contributed by atoms with Gasteiger partial charge in [0.2, 0.25) is 0 Å². The van der Waals surface area contributed by atoms with E-state index < -0.39 is 29.5 Å². The van der Waals surface area contributed by atoms with E-state index in [9.17, 15) is 0 Å². The topological polar surface area (TPSA) is 109 Å². The van der Waals surface area contributed by atoms with Crippen LogP contribution in [-0.4, -0.2) is 66.4 Å². The van der Waals surface area contributed by atoms with Crippen molar-refractivity contribution in [1.29, 1.82) is 0 Å². The average Bonchev–Trinajstić information content (AvgIpc) is 1.27. The maximum atomic E-state index is 8.74. The molecule has 0 aromatic rings. The Morgan fingerprint density at radius 1 is 1.11 bits per heavy atom. The maximum absolute atomic E-state index is 8.74. The minimum absolute atomic E-state index is 0. The summed E-state index contributed by atoms with van der Waals surface area (Å²) in [6, 6.07) is 0. The molecule has 2 N–H and O–H groups in total. The summed E-state index contributed by atoms with van der Waals surface area (Å²) in [5.41, 5.74) is 0. The molecule has 0 spiro atoms. The molecular weight excluding hydrogens is 313 g/mol. The van der Waals surface area contributed by atoms with Crippen LogP contribution in [0.5, 0.6) is 0 Å². The van der Waals surface area contributed by atoms with Crippen LogP contribution in [0.15, 0.2) is 0 Å². The van der Waals surface area contributed by atoms with Crippen molar-refractivity contribution in [3.63, 3.8) is 0 Å². The molecule has 0 amide bonds. The summed E-state index contributed by atoms with van der Waals surface area (Å²) in [6.07, 6.45) is 0. The first kappa shape index (κ1) is 17.0. The Hall–Kier alpha value is 1.76. The molecule has 0 fully saturated rings.